The van der Waals surface area contributed by atoms with E-state index < -0.39 is 6.36 Å². The number of nitriles is 1. The van der Waals surface area contributed by atoms with E-state index in [9.17, 15) is 13.2 Å². The maximum Gasteiger partial charge on any atom is 0.573 e. The lowest BCUT2D eigenvalue weighted by molar-refractivity contribution is -0.275. The van der Waals surface area contributed by atoms with E-state index in [1.165, 1.54) is 0 Å². The molecule has 0 aliphatic carbocycles. The first-order chi connectivity index (χ1) is 7.89. The fraction of sp³-hybridized carbons (Fsp3) is 0.333. The molecule has 0 radical (unpaired) electrons. The van der Waals surface area contributed by atoms with Crippen LogP contribution >= 0.6 is 38.5 Å². The SMILES string of the molecule is N#CCc1c(I)ncc(OC(F)(F)F)c1CBr. The normalized spacial score (nSPS) is 11.1. The van der Waals surface area contributed by atoms with Crippen molar-refractivity contribution in [1.29, 1.82) is 5.26 Å². The zero-order valence-corrected chi connectivity index (χ0v) is 11.9. The Bertz CT molecular complexity index is 459. The van der Waals surface area contributed by atoms with Crippen molar-refractivity contribution in [2.24, 2.45) is 0 Å². The number of rotatable bonds is 3. The Morgan fingerprint density at radius 1 is 1.47 bits per heavy atom. The molecule has 0 bridgehead atoms. The molecule has 0 aliphatic heterocycles. The van der Waals surface area contributed by atoms with Gasteiger partial charge in [-0.15, -0.1) is 13.2 Å². The molecule has 0 saturated carbocycles. The van der Waals surface area contributed by atoms with E-state index >= 15 is 0 Å². The summed E-state index contributed by atoms with van der Waals surface area (Å²) < 4.78 is 40.8. The molecule has 0 spiro atoms. The molecule has 0 unspecified atom stereocenters. The lowest BCUT2D eigenvalue weighted by atomic mass is 10.1. The zero-order valence-electron chi connectivity index (χ0n) is 8.18. The highest BCUT2D eigenvalue weighted by Gasteiger charge is 2.32. The molecule has 0 amide bonds. The van der Waals surface area contributed by atoms with Crippen molar-refractivity contribution in [3.05, 3.63) is 21.0 Å². The number of nitrogens with zero attached hydrogens (tertiary/aromatic N) is 2. The van der Waals surface area contributed by atoms with Gasteiger partial charge in [0.05, 0.1) is 18.7 Å². The Balaban J connectivity index is 3.24. The molecule has 8 heteroatoms. The summed E-state index contributed by atoms with van der Waals surface area (Å²) in [5.74, 6) is -0.375. The molecule has 3 nitrogen and oxygen atoms in total. The van der Waals surface area contributed by atoms with Gasteiger partial charge < -0.3 is 4.74 Å². The predicted octanol–water partition coefficient (Wildman–Crippen LogP) is 3.55. The summed E-state index contributed by atoms with van der Waals surface area (Å²) in [5.41, 5.74) is 0.745. The van der Waals surface area contributed by atoms with Crippen molar-refractivity contribution in [3.63, 3.8) is 0 Å². The molecule has 0 saturated heterocycles. The third kappa shape index (κ3) is 3.99. The van der Waals surface area contributed by atoms with Crippen LogP contribution in [-0.4, -0.2) is 11.3 Å². The monoisotopic (exact) mass is 420 g/mol. The van der Waals surface area contributed by atoms with Crippen LogP contribution in [0.3, 0.4) is 0 Å². The van der Waals surface area contributed by atoms with Crippen LogP contribution < -0.4 is 4.74 Å². The van der Waals surface area contributed by atoms with Crippen molar-refractivity contribution in [1.82, 2.24) is 4.98 Å². The van der Waals surface area contributed by atoms with E-state index in [1.54, 1.807) is 0 Å². The molecular weight excluding hydrogens is 416 g/mol. The third-order valence-electron chi connectivity index (χ3n) is 1.82. The van der Waals surface area contributed by atoms with Crippen LogP contribution in [0.2, 0.25) is 0 Å². The van der Waals surface area contributed by atoms with Crippen molar-refractivity contribution in [2.45, 2.75) is 18.1 Å². The van der Waals surface area contributed by atoms with Gasteiger partial charge in [0.25, 0.3) is 0 Å². The number of hydrogen-bond acceptors (Lipinski definition) is 3. The van der Waals surface area contributed by atoms with E-state index in [0.29, 0.717) is 14.8 Å². The van der Waals surface area contributed by atoms with Gasteiger partial charge >= 0.3 is 6.36 Å². The molecule has 17 heavy (non-hydrogen) atoms. The van der Waals surface area contributed by atoms with Gasteiger partial charge in [0.15, 0.2) is 5.75 Å². The molecule has 92 valence electrons. The first kappa shape index (κ1) is 14.5. The second kappa shape index (κ2) is 5.86. The first-order valence-electron chi connectivity index (χ1n) is 4.24. The molecule has 0 fully saturated rings. The highest BCUT2D eigenvalue weighted by molar-refractivity contribution is 14.1. The second-order valence-corrected chi connectivity index (χ2v) is 4.47. The number of aromatic nitrogens is 1. The van der Waals surface area contributed by atoms with Gasteiger partial charge in [-0.05, 0) is 22.6 Å². The van der Waals surface area contributed by atoms with Gasteiger partial charge in [-0.3, -0.25) is 0 Å². The van der Waals surface area contributed by atoms with Gasteiger partial charge in [-0.25, -0.2) is 4.98 Å². The molecular formula is C9H5BrF3IN2O. The summed E-state index contributed by atoms with van der Waals surface area (Å²) in [6.07, 6.45) is -3.77. The second-order valence-electron chi connectivity index (χ2n) is 2.89. The van der Waals surface area contributed by atoms with E-state index in [0.717, 1.165) is 6.20 Å². The fourth-order valence-corrected chi connectivity index (χ4v) is 2.43. The summed E-state index contributed by atoms with van der Waals surface area (Å²) in [6.45, 7) is 0. The molecule has 1 rings (SSSR count). The summed E-state index contributed by atoms with van der Waals surface area (Å²) in [6, 6.07) is 1.89. The quantitative estimate of drug-likeness (QED) is 0.427. The maximum absolute atomic E-state index is 12.1. The number of hydrogen-bond donors (Lipinski definition) is 0. The van der Waals surface area contributed by atoms with Crippen LogP contribution in [0.1, 0.15) is 11.1 Å². The van der Waals surface area contributed by atoms with E-state index in [2.05, 4.69) is 25.7 Å². The van der Waals surface area contributed by atoms with Crippen molar-refractivity contribution >= 4 is 38.5 Å². The van der Waals surface area contributed by atoms with Gasteiger partial charge in [-0.1, -0.05) is 15.9 Å². The number of halogens is 5. The number of ether oxygens (including phenoxy) is 1. The average Bonchev–Trinajstić information content (AvgIpc) is 2.21. The van der Waals surface area contributed by atoms with Crippen LogP contribution in [0.5, 0.6) is 5.75 Å². The van der Waals surface area contributed by atoms with Crippen molar-refractivity contribution in [2.75, 3.05) is 0 Å². The minimum absolute atomic E-state index is 0.0126. The lowest BCUT2D eigenvalue weighted by Crippen LogP contribution is -2.19. The van der Waals surface area contributed by atoms with Crippen LogP contribution in [0.15, 0.2) is 6.20 Å². The Kier molecular flexibility index (Phi) is 5.00. The summed E-state index contributed by atoms with van der Waals surface area (Å²) in [5, 5.41) is 8.79. The number of alkyl halides is 4. The van der Waals surface area contributed by atoms with Crippen molar-refractivity contribution < 1.29 is 17.9 Å². The Labute approximate surface area is 117 Å². The highest BCUT2D eigenvalue weighted by atomic mass is 127. The average molecular weight is 421 g/mol. The predicted molar refractivity (Wildman–Crippen MR) is 65.6 cm³/mol. The molecule has 1 aromatic rings. The summed E-state index contributed by atoms with van der Waals surface area (Å²) in [4.78, 5) is 3.78. The van der Waals surface area contributed by atoms with E-state index in [-0.39, 0.29) is 17.5 Å². The van der Waals surface area contributed by atoms with Crippen LogP contribution in [0, 0.1) is 15.0 Å². The third-order valence-corrected chi connectivity index (χ3v) is 3.31. The largest absolute Gasteiger partial charge is 0.573 e. The summed E-state index contributed by atoms with van der Waals surface area (Å²) >= 11 is 4.95. The Morgan fingerprint density at radius 3 is 2.59 bits per heavy atom. The molecule has 1 aromatic heterocycles. The summed E-state index contributed by atoms with van der Waals surface area (Å²) in [7, 11) is 0. The minimum Gasteiger partial charge on any atom is -0.404 e. The van der Waals surface area contributed by atoms with E-state index in [4.69, 9.17) is 5.26 Å². The standard InChI is InChI=1S/C9H5BrF3IN2O/c10-3-6-5(1-2-15)8(14)16-4-7(6)17-9(11,12)13/h4H,1,3H2. The van der Waals surface area contributed by atoms with Crippen LogP contribution in [0.25, 0.3) is 0 Å². The van der Waals surface area contributed by atoms with E-state index in [1.807, 2.05) is 28.7 Å². The Hall–Kier alpha value is -0.560. The Morgan fingerprint density at radius 2 is 2.12 bits per heavy atom. The lowest BCUT2D eigenvalue weighted by Gasteiger charge is -2.14. The van der Waals surface area contributed by atoms with Crippen LogP contribution in [0.4, 0.5) is 13.2 Å². The maximum atomic E-state index is 12.1. The van der Waals surface area contributed by atoms with Crippen molar-refractivity contribution in [3.8, 4) is 11.8 Å². The topological polar surface area (TPSA) is 45.9 Å². The molecule has 0 aliphatic rings. The van der Waals surface area contributed by atoms with Gasteiger partial charge in [-0.2, -0.15) is 5.26 Å². The first-order valence-corrected chi connectivity index (χ1v) is 6.44. The molecule has 1 heterocycles. The van der Waals surface area contributed by atoms with Gasteiger partial charge in [0.2, 0.25) is 0 Å². The molecule has 0 atom stereocenters. The minimum atomic E-state index is -4.77. The van der Waals surface area contributed by atoms with Crippen LogP contribution in [-0.2, 0) is 11.8 Å². The highest BCUT2D eigenvalue weighted by Crippen LogP contribution is 2.31. The molecule has 0 N–H and O–H groups in total. The zero-order chi connectivity index (χ0) is 13.1. The number of pyridine rings is 1. The van der Waals surface area contributed by atoms with Gasteiger partial charge in [0.1, 0.15) is 3.70 Å². The van der Waals surface area contributed by atoms with Gasteiger partial charge in [0, 0.05) is 16.5 Å². The smallest absolute Gasteiger partial charge is 0.404 e. The molecule has 0 aromatic carbocycles. The fourth-order valence-electron chi connectivity index (χ4n) is 1.16.